The zero-order chi connectivity index (χ0) is 10.7. The van der Waals surface area contributed by atoms with E-state index in [0.717, 1.165) is 17.7 Å². The van der Waals surface area contributed by atoms with Crippen LogP contribution in [-0.2, 0) is 6.42 Å². The maximum absolute atomic E-state index is 5.59. The van der Waals surface area contributed by atoms with Gasteiger partial charge in [-0.05, 0) is 18.1 Å². The molecule has 1 heterocycles. The average molecular weight is 199 g/mol. The van der Waals surface area contributed by atoms with Crippen LogP contribution in [0, 0.1) is 0 Å². The Hall–Kier alpha value is -1.90. The van der Waals surface area contributed by atoms with E-state index in [4.69, 9.17) is 5.73 Å². The second-order valence-electron chi connectivity index (χ2n) is 3.38. The van der Waals surface area contributed by atoms with E-state index in [2.05, 4.69) is 29.0 Å². The third-order valence-electron chi connectivity index (χ3n) is 2.28. The molecule has 0 amide bonds. The van der Waals surface area contributed by atoms with E-state index >= 15 is 0 Å². The summed E-state index contributed by atoms with van der Waals surface area (Å²) in [4.78, 5) is 8.26. The van der Waals surface area contributed by atoms with Crippen LogP contribution in [0.3, 0.4) is 0 Å². The Morgan fingerprint density at radius 2 is 2.13 bits per heavy atom. The van der Waals surface area contributed by atoms with E-state index in [-0.39, 0.29) is 0 Å². The fraction of sp³-hybridized carbons (Fsp3) is 0.167. The van der Waals surface area contributed by atoms with Crippen LogP contribution in [0.15, 0.2) is 36.7 Å². The van der Waals surface area contributed by atoms with Crippen LogP contribution < -0.4 is 5.73 Å². The topological polar surface area (TPSA) is 51.8 Å². The predicted octanol–water partition coefficient (Wildman–Crippen LogP) is 2.29. The van der Waals surface area contributed by atoms with Gasteiger partial charge in [0.15, 0.2) is 0 Å². The monoisotopic (exact) mass is 199 g/mol. The molecule has 3 heteroatoms. The van der Waals surface area contributed by atoms with E-state index in [1.807, 2.05) is 12.1 Å². The van der Waals surface area contributed by atoms with E-state index in [0.29, 0.717) is 5.82 Å². The van der Waals surface area contributed by atoms with E-state index < -0.39 is 0 Å². The summed E-state index contributed by atoms with van der Waals surface area (Å²) in [6.45, 7) is 2.13. The first-order valence-corrected chi connectivity index (χ1v) is 4.96. The molecule has 3 nitrogen and oxygen atoms in total. The molecule has 0 saturated heterocycles. The number of nitrogen functional groups attached to an aromatic ring is 1. The molecular weight excluding hydrogens is 186 g/mol. The van der Waals surface area contributed by atoms with Gasteiger partial charge in [0.05, 0.1) is 18.1 Å². The number of aromatic nitrogens is 2. The Morgan fingerprint density at radius 3 is 2.87 bits per heavy atom. The Labute approximate surface area is 89.0 Å². The number of aryl methyl sites for hydroxylation is 1. The van der Waals surface area contributed by atoms with Gasteiger partial charge in [-0.3, -0.25) is 4.98 Å². The van der Waals surface area contributed by atoms with Crippen LogP contribution in [0.1, 0.15) is 12.5 Å². The minimum atomic E-state index is 0.453. The largest absolute Gasteiger partial charge is 0.382 e. The van der Waals surface area contributed by atoms with Crippen LogP contribution in [0.5, 0.6) is 0 Å². The molecule has 1 aromatic heterocycles. The fourth-order valence-corrected chi connectivity index (χ4v) is 1.47. The van der Waals surface area contributed by atoms with Gasteiger partial charge < -0.3 is 5.73 Å². The summed E-state index contributed by atoms with van der Waals surface area (Å²) in [5.41, 5.74) is 8.77. The Morgan fingerprint density at radius 1 is 1.27 bits per heavy atom. The summed E-state index contributed by atoms with van der Waals surface area (Å²) in [6.07, 6.45) is 4.29. The molecule has 2 aromatic rings. The molecule has 0 aliphatic heterocycles. The normalized spacial score (nSPS) is 10.2. The maximum Gasteiger partial charge on any atom is 0.142 e. The Balaban J connectivity index is 2.44. The van der Waals surface area contributed by atoms with Crippen molar-refractivity contribution in [1.82, 2.24) is 9.97 Å². The quantitative estimate of drug-likeness (QED) is 0.807. The van der Waals surface area contributed by atoms with Crippen molar-refractivity contribution < 1.29 is 0 Å². The molecular formula is C12H13N3. The van der Waals surface area contributed by atoms with Gasteiger partial charge in [-0.2, -0.15) is 0 Å². The summed E-state index contributed by atoms with van der Waals surface area (Å²) >= 11 is 0. The lowest BCUT2D eigenvalue weighted by Gasteiger charge is -2.03. The van der Waals surface area contributed by atoms with Crippen LogP contribution in [-0.4, -0.2) is 9.97 Å². The minimum absolute atomic E-state index is 0.453. The Bertz CT molecular complexity index is 466. The molecule has 1 aromatic carbocycles. The Kier molecular flexibility index (Phi) is 2.63. The molecule has 0 aliphatic rings. The molecule has 0 aliphatic carbocycles. The number of rotatable bonds is 2. The smallest absolute Gasteiger partial charge is 0.142 e. The minimum Gasteiger partial charge on any atom is -0.382 e. The van der Waals surface area contributed by atoms with Gasteiger partial charge >= 0.3 is 0 Å². The first-order valence-electron chi connectivity index (χ1n) is 4.96. The van der Waals surface area contributed by atoms with Crippen molar-refractivity contribution in [1.29, 1.82) is 0 Å². The lowest BCUT2D eigenvalue weighted by molar-refractivity contribution is 1.14. The summed E-state index contributed by atoms with van der Waals surface area (Å²) in [5, 5.41) is 0. The summed E-state index contributed by atoms with van der Waals surface area (Å²) in [5.74, 6) is 0.453. The van der Waals surface area contributed by atoms with Crippen molar-refractivity contribution in [3.05, 3.63) is 42.2 Å². The van der Waals surface area contributed by atoms with E-state index in [1.54, 1.807) is 12.4 Å². The van der Waals surface area contributed by atoms with Crippen LogP contribution in [0.4, 0.5) is 5.82 Å². The number of nitrogens with two attached hydrogens (primary N) is 1. The molecule has 0 saturated carbocycles. The number of hydrogen-bond donors (Lipinski definition) is 1. The average Bonchev–Trinajstić information content (AvgIpc) is 2.29. The van der Waals surface area contributed by atoms with Crippen LogP contribution in [0.25, 0.3) is 11.3 Å². The lowest BCUT2D eigenvalue weighted by atomic mass is 10.1. The third-order valence-corrected chi connectivity index (χ3v) is 2.28. The maximum atomic E-state index is 5.59. The van der Waals surface area contributed by atoms with Crippen molar-refractivity contribution in [3.63, 3.8) is 0 Å². The molecule has 0 radical (unpaired) electrons. The first kappa shape index (κ1) is 9.65. The van der Waals surface area contributed by atoms with Gasteiger partial charge in [0.1, 0.15) is 5.82 Å². The van der Waals surface area contributed by atoms with Crippen molar-refractivity contribution in [2.24, 2.45) is 0 Å². The zero-order valence-electron chi connectivity index (χ0n) is 8.64. The zero-order valence-corrected chi connectivity index (χ0v) is 8.64. The third kappa shape index (κ3) is 2.13. The number of benzene rings is 1. The van der Waals surface area contributed by atoms with Gasteiger partial charge in [0, 0.05) is 5.56 Å². The molecule has 0 atom stereocenters. The van der Waals surface area contributed by atoms with E-state index in [9.17, 15) is 0 Å². The van der Waals surface area contributed by atoms with Crippen LogP contribution in [0.2, 0.25) is 0 Å². The molecule has 2 rings (SSSR count). The first-order chi connectivity index (χ1) is 7.29. The highest BCUT2D eigenvalue weighted by molar-refractivity contribution is 5.60. The number of anilines is 1. The summed E-state index contributed by atoms with van der Waals surface area (Å²) < 4.78 is 0. The second-order valence-corrected chi connectivity index (χ2v) is 3.38. The second kappa shape index (κ2) is 4.09. The highest BCUT2D eigenvalue weighted by Crippen LogP contribution is 2.18. The molecule has 0 spiro atoms. The predicted molar refractivity (Wildman–Crippen MR) is 61.3 cm³/mol. The SMILES string of the molecule is CCc1cccc(-c2cncc(N)n2)c1. The molecule has 76 valence electrons. The fourth-order valence-electron chi connectivity index (χ4n) is 1.47. The van der Waals surface area contributed by atoms with Gasteiger partial charge in [-0.1, -0.05) is 25.1 Å². The molecule has 0 bridgehead atoms. The molecule has 0 unspecified atom stereocenters. The van der Waals surface area contributed by atoms with Crippen molar-refractivity contribution in [3.8, 4) is 11.3 Å². The standard InChI is InChI=1S/C12H13N3/c1-2-9-4-3-5-10(6-9)11-7-14-8-12(13)15-11/h3-8H,2H2,1H3,(H2,13,15). The highest BCUT2D eigenvalue weighted by Gasteiger charge is 2.00. The van der Waals surface area contributed by atoms with Crippen molar-refractivity contribution in [2.75, 3.05) is 5.73 Å². The summed E-state index contributed by atoms with van der Waals surface area (Å²) in [7, 11) is 0. The summed E-state index contributed by atoms with van der Waals surface area (Å²) in [6, 6.07) is 8.26. The van der Waals surface area contributed by atoms with Gasteiger partial charge in [-0.15, -0.1) is 0 Å². The number of hydrogen-bond acceptors (Lipinski definition) is 3. The molecule has 2 N–H and O–H groups in total. The molecule has 15 heavy (non-hydrogen) atoms. The number of nitrogens with zero attached hydrogens (tertiary/aromatic N) is 2. The lowest BCUT2D eigenvalue weighted by Crippen LogP contribution is -1.93. The highest BCUT2D eigenvalue weighted by atomic mass is 14.9. The van der Waals surface area contributed by atoms with Crippen molar-refractivity contribution >= 4 is 5.82 Å². The van der Waals surface area contributed by atoms with Gasteiger partial charge in [0.25, 0.3) is 0 Å². The molecule has 0 fully saturated rings. The van der Waals surface area contributed by atoms with E-state index in [1.165, 1.54) is 5.56 Å². The van der Waals surface area contributed by atoms with Gasteiger partial charge in [-0.25, -0.2) is 4.98 Å². The van der Waals surface area contributed by atoms with Crippen molar-refractivity contribution in [2.45, 2.75) is 13.3 Å². The van der Waals surface area contributed by atoms with Gasteiger partial charge in [0.2, 0.25) is 0 Å². The van der Waals surface area contributed by atoms with Crippen LogP contribution >= 0.6 is 0 Å².